The van der Waals surface area contributed by atoms with E-state index in [2.05, 4.69) is 0 Å². The third-order valence-corrected chi connectivity index (χ3v) is 0. The largest absolute Gasteiger partial charge is 2.00 e. The standard InChI is InChI=1S/58Ca.64ClH/h;;;;;;;;;;;;;;;;;;;;;;;;;;;;;;;;;;;;;;;;;;;;;;;;;;;;;;;;;;64*1H/q58*+2;;;;;;;;;;;;;;;;;;;;;;;;;;;;;;;;;;;;;;;;;;;;;;;;;;;;;;;;;;;;;;;;. The minimum absolute atomic E-state index is 0. The van der Waals surface area contributed by atoms with Crippen molar-refractivity contribution >= 4 is 2980 Å². The van der Waals surface area contributed by atoms with Gasteiger partial charge in [-0.1, -0.05) is 0 Å². The maximum Gasteiger partial charge on any atom is 2.00 e. The molecule has 122 heteroatoms. The Kier molecular flexibility index (Phi) is 10700. The third kappa shape index (κ3) is 1120. The van der Waals surface area contributed by atoms with Crippen LogP contribution < -0.4 is 0 Å². The molecule has 0 aliphatic rings. The molecule has 0 fully saturated rings. The number of hydrogen-bond donors (Lipinski definition) is 0. The molecule has 0 aliphatic heterocycles. The molecule has 0 spiro atoms. The Hall–Kier alpha value is 91.6. The average Bonchev–Trinajstić information content (AvgIpc) is 0. The fourth-order valence-electron chi connectivity index (χ4n) is 0. The van der Waals surface area contributed by atoms with E-state index in [9.17, 15) is 0 Å². The van der Waals surface area contributed by atoms with Crippen molar-refractivity contribution in [1.29, 1.82) is 0 Å². The zero-order chi connectivity index (χ0) is 0. The maximum atomic E-state index is 0. The number of halogens is 64. The van der Waals surface area contributed by atoms with Gasteiger partial charge in [0.15, 0.2) is 0 Å². The quantitative estimate of drug-likeness (QED) is 0.303. The van der Waals surface area contributed by atoms with Crippen molar-refractivity contribution in [2.45, 2.75) is 0 Å². The van der Waals surface area contributed by atoms with Crippen LogP contribution in [0.1, 0.15) is 0 Å². The molecular formula is H64Ca58Cl64+116. The summed E-state index contributed by atoms with van der Waals surface area (Å²) in [4.78, 5) is 0. The molecule has 0 aliphatic carbocycles. The number of hydrogen-bond acceptors (Lipinski definition) is 0. The van der Waals surface area contributed by atoms with Gasteiger partial charge in [0, 0.05) is 0 Å². The first kappa shape index (κ1) is 1150. The first-order valence-corrected chi connectivity index (χ1v) is 0. The maximum absolute atomic E-state index is 0. The van der Waals surface area contributed by atoms with Gasteiger partial charge in [-0.3, -0.25) is 0 Å². The fraction of sp³-hybridized carbons (Fsp3) is 0. The summed E-state index contributed by atoms with van der Waals surface area (Å²) in [5, 5.41) is 0. The van der Waals surface area contributed by atoms with Crippen molar-refractivity contribution < 1.29 is 0 Å². The van der Waals surface area contributed by atoms with E-state index < -0.39 is 0 Å². The molecule has 0 atom stereocenters. The van der Waals surface area contributed by atoms with Gasteiger partial charge in [0.2, 0.25) is 0 Å². The van der Waals surface area contributed by atoms with E-state index in [-0.39, 0.29) is 2980 Å². The summed E-state index contributed by atoms with van der Waals surface area (Å²) in [6.45, 7) is 0. The minimum Gasteiger partial charge on any atom is -0.147 e. The Labute approximate surface area is 2870 Å². The monoisotopic (exact) mass is 4620 g/mol. The topological polar surface area (TPSA) is 0 Å². The molecule has 122 heavy (non-hydrogen) atoms. The van der Waals surface area contributed by atoms with Gasteiger partial charge in [0.05, 0.1) is 0 Å². The van der Waals surface area contributed by atoms with Gasteiger partial charge in [-0.05, 0) is 0 Å². The summed E-state index contributed by atoms with van der Waals surface area (Å²) in [5.41, 5.74) is 0. The summed E-state index contributed by atoms with van der Waals surface area (Å²) in [5.74, 6) is 0. The van der Waals surface area contributed by atoms with Crippen LogP contribution in [0.5, 0.6) is 0 Å². The summed E-state index contributed by atoms with van der Waals surface area (Å²) < 4.78 is 0. The van der Waals surface area contributed by atoms with E-state index >= 15 is 0 Å². The van der Waals surface area contributed by atoms with Crippen LogP contribution in [-0.2, 0) is 0 Å². The molecule has 0 aromatic heterocycles. The van der Waals surface area contributed by atoms with Gasteiger partial charge < -0.3 is 0 Å². The van der Waals surface area contributed by atoms with Crippen LogP contribution in [0.2, 0.25) is 0 Å². The second-order valence-electron chi connectivity index (χ2n) is 0. The zero-order valence-electron chi connectivity index (χ0n) is 67.1. The average molecular weight is 4660 g/mol. The van der Waals surface area contributed by atoms with E-state index in [4.69, 9.17) is 0 Å². The molecule has 0 aromatic carbocycles. The van der Waals surface area contributed by atoms with Crippen LogP contribution in [-0.4, -0.2) is 2190 Å². The second-order valence-corrected chi connectivity index (χ2v) is 0. The predicted octanol–water partition coefficient (Wildman–Crippen LogP) is 4.91. The van der Waals surface area contributed by atoms with Crippen LogP contribution >= 0.6 is 794 Å². The van der Waals surface area contributed by atoms with E-state index in [0.29, 0.717) is 0 Å². The van der Waals surface area contributed by atoms with Crippen molar-refractivity contribution in [3.8, 4) is 0 Å². The van der Waals surface area contributed by atoms with Crippen molar-refractivity contribution in [2.75, 3.05) is 0 Å². The normalized spacial score (nSPS) is 0. The van der Waals surface area contributed by atoms with Crippen LogP contribution in [0, 0.1) is 0 Å². The zero-order valence-corrected chi connectivity index (χ0v) is 247. The summed E-state index contributed by atoms with van der Waals surface area (Å²) >= 11 is 0. The molecule has 512 valence electrons. The second kappa shape index (κ2) is 1130. The van der Waals surface area contributed by atoms with E-state index in [1.807, 2.05) is 0 Å². The Morgan fingerprint density at radius 3 is 0.0164 bits per heavy atom. The van der Waals surface area contributed by atoms with Crippen molar-refractivity contribution in [3.63, 3.8) is 0 Å². The van der Waals surface area contributed by atoms with E-state index in [1.165, 1.54) is 0 Å². The van der Waals surface area contributed by atoms with Crippen LogP contribution in [0.25, 0.3) is 0 Å². The van der Waals surface area contributed by atoms with E-state index in [0.717, 1.165) is 0 Å². The third-order valence-electron chi connectivity index (χ3n) is 0. The summed E-state index contributed by atoms with van der Waals surface area (Å²) in [6.07, 6.45) is 0. The van der Waals surface area contributed by atoms with Gasteiger partial charge in [-0.25, -0.2) is 0 Å². The summed E-state index contributed by atoms with van der Waals surface area (Å²) in [6, 6.07) is 0. The summed E-state index contributed by atoms with van der Waals surface area (Å²) in [7, 11) is 0. The molecule has 0 rings (SSSR count). The molecule has 0 aromatic rings. The van der Waals surface area contributed by atoms with Crippen molar-refractivity contribution in [2.24, 2.45) is 0 Å². The predicted molar refractivity (Wildman–Crippen MR) is 798 cm³/mol. The fourth-order valence-corrected chi connectivity index (χ4v) is 0. The molecule has 0 unspecified atom stereocenters. The minimum atomic E-state index is 0. The molecule has 0 saturated carbocycles. The molecule has 0 radical (unpaired) electrons. The van der Waals surface area contributed by atoms with Gasteiger partial charge in [0.25, 0.3) is 0 Å². The Morgan fingerprint density at radius 2 is 0.0164 bits per heavy atom. The van der Waals surface area contributed by atoms with Crippen LogP contribution in [0.15, 0.2) is 0 Å². The van der Waals surface area contributed by atoms with Crippen LogP contribution in [0.4, 0.5) is 0 Å². The first-order valence-electron chi connectivity index (χ1n) is 0. The molecule has 0 N–H and O–H groups in total. The van der Waals surface area contributed by atoms with Crippen LogP contribution in [0.3, 0.4) is 0 Å². The van der Waals surface area contributed by atoms with E-state index in [1.54, 1.807) is 0 Å². The Bertz CT molecular complexity index is 122. The SMILES string of the molecule is Cl.Cl.Cl.Cl.Cl.Cl.Cl.Cl.Cl.Cl.Cl.Cl.Cl.Cl.Cl.Cl.Cl.Cl.Cl.Cl.Cl.Cl.Cl.Cl.Cl.Cl.Cl.Cl.Cl.Cl.Cl.Cl.Cl.Cl.Cl.Cl.Cl.Cl.Cl.Cl.Cl.Cl.Cl.Cl.Cl.Cl.Cl.Cl.Cl.Cl.Cl.Cl.Cl.Cl.Cl.Cl.Cl.Cl.Cl.Cl.Cl.Cl.Cl.Cl.[Ca+2].[Ca+2].[Ca+2].[Ca+2].[Ca+2].[Ca+2].[Ca+2].[Ca+2].[Ca+2].[Ca+2].[Ca+2].[Ca+2].[Ca+2].[Ca+2].[Ca+2].[Ca+2].[Ca+2].[Ca+2].[Ca+2].[Ca+2].[Ca+2].[Ca+2].[Ca+2].[Ca+2].[Ca+2].[Ca+2].[Ca+2].[Ca+2].[Ca+2].[Ca+2].[Ca+2].[Ca+2].[Ca+2].[Ca+2].[Ca+2].[Ca+2].[Ca+2].[Ca+2].[Ca+2].[Ca+2].[Ca+2].[Ca+2].[Ca+2].[Ca+2].[Ca+2].[Ca+2].[Ca+2].[Ca+2].[Ca+2].[Ca+2].[Ca+2].[Ca+2].[Ca+2].[Ca+2].[Ca+2].[Ca+2].[Ca+2].[Ca+2]. The smallest absolute Gasteiger partial charge is 0.147 e. The Morgan fingerprint density at radius 1 is 0.0164 bits per heavy atom. The molecular weight excluding hydrogens is 4590 g/mol. The number of rotatable bonds is 0. The molecule has 0 bridgehead atoms. The van der Waals surface area contributed by atoms with Crippen molar-refractivity contribution in [1.82, 2.24) is 0 Å². The van der Waals surface area contributed by atoms with Crippen molar-refractivity contribution in [3.05, 3.63) is 0 Å². The molecule has 0 saturated heterocycles. The first-order chi connectivity index (χ1) is 0. The molecule has 0 amide bonds. The van der Waals surface area contributed by atoms with Gasteiger partial charge in [0.1, 0.15) is 0 Å². The van der Waals surface area contributed by atoms with Gasteiger partial charge >= 0.3 is 2190 Å². The molecule has 0 heterocycles. The molecule has 0 nitrogen and oxygen atoms in total. The Balaban J connectivity index is 0. The van der Waals surface area contributed by atoms with Gasteiger partial charge in [-0.2, -0.15) is 0 Å². The van der Waals surface area contributed by atoms with Gasteiger partial charge in [-0.15, -0.1) is 794 Å².